The van der Waals surface area contributed by atoms with Gasteiger partial charge in [-0.2, -0.15) is 0 Å². The van der Waals surface area contributed by atoms with Crippen LogP contribution in [0, 0.1) is 11.7 Å². The van der Waals surface area contributed by atoms with Gasteiger partial charge in [-0.15, -0.1) is 0 Å². The van der Waals surface area contributed by atoms with E-state index in [1.807, 2.05) is 6.07 Å². The molecule has 1 saturated heterocycles. The Morgan fingerprint density at radius 2 is 2.00 bits per heavy atom. The van der Waals surface area contributed by atoms with Gasteiger partial charge in [-0.3, -0.25) is 4.90 Å². The quantitative estimate of drug-likeness (QED) is 0.923. The number of benzene rings is 1. The molecular weight excluding hydrogens is 295 g/mol. The Bertz CT molecular complexity index is 428. The summed E-state index contributed by atoms with van der Waals surface area (Å²) in [4.78, 5) is 2.51. The fourth-order valence-electron chi connectivity index (χ4n) is 2.85. The van der Waals surface area contributed by atoms with Gasteiger partial charge in [-0.1, -0.05) is 6.07 Å². The summed E-state index contributed by atoms with van der Waals surface area (Å²) in [7, 11) is 0. The van der Waals surface area contributed by atoms with E-state index >= 15 is 0 Å². The molecule has 1 aliphatic carbocycles. The number of nitrogens with one attached hydrogen (secondary N) is 1. The van der Waals surface area contributed by atoms with Gasteiger partial charge in [0.15, 0.2) is 0 Å². The fraction of sp³-hybridized carbons (Fsp3) is 0.571. The number of hydrogen-bond acceptors (Lipinski definition) is 2. The molecule has 0 unspecified atom stereocenters. The fourth-order valence-corrected chi connectivity index (χ4v) is 3.10. The van der Waals surface area contributed by atoms with Crippen LogP contribution in [0.3, 0.4) is 0 Å². The first-order valence-electron chi connectivity index (χ1n) is 6.65. The third-order valence-electron chi connectivity index (χ3n) is 3.90. The lowest BCUT2D eigenvalue weighted by atomic mass is 10.00. The van der Waals surface area contributed by atoms with Crippen molar-refractivity contribution in [2.75, 3.05) is 26.2 Å². The molecule has 0 aromatic heterocycles. The molecule has 2 nitrogen and oxygen atoms in total. The van der Waals surface area contributed by atoms with Crippen LogP contribution >= 0.6 is 15.9 Å². The molecule has 0 amide bonds. The van der Waals surface area contributed by atoms with Crippen molar-refractivity contribution in [3.8, 4) is 0 Å². The highest BCUT2D eigenvalue weighted by molar-refractivity contribution is 9.10. The van der Waals surface area contributed by atoms with Crippen molar-refractivity contribution >= 4 is 15.9 Å². The summed E-state index contributed by atoms with van der Waals surface area (Å²) in [6, 6.07) is 6.02. The predicted molar refractivity (Wildman–Crippen MR) is 74.0 cm³/mol. The number of rotatable bonds is 3. The molecule has 0 radical (unpaired) electrons. The van der Waals surface area contributed by atoms with E-state index in [1.54, 1.807) is 6.07 Å². The molecule has 1 heterocycles. The third kappa shape index (κ3) is 2.60. The minimum absolute atomic E-state index is 0.145. The molecule has 1 aromatic rings. The maximum Gasteiger partial charge on any atom is 0.137 e. The first-order valence-corrected chi connectivity index (χ1v) is 7.45. The van der Waals surface area contributed by atoms with Crippen molar-refractivity contribution in [3.63, 3.8) is 0 Å². The first-order chi connectivity index (χ1) is 8.75. The van der Waals surface area contributed by atoms with Crippen molar-refractivity contribution in [1.29, 1.82) is 0 Å². The molecule has 98 valence electrons. The monoisotopic (exact) mass is 312 g/mol. The topological polar surface area (TPSA) is 15.3 Å². The maximum absolute atomic E-state index is 13.7. The van der Waals surface area contributed by atoms with Gasteiger partial charge < -0.3 is 5.32 Å². The minimum atomic E-state index is -0.145. The van der Waals surface area contributed by atoms with Gasteiger partial charge in [0.2, 0.25) is 0 Å². The van der Waals surface area contributed by atoms with Crippen LogP contribution in [-0.4, -0.2) is 31.1 Å². The summed E-state index contributed by atoms with van der Waals surface area (Å²) in [5, 5.41) is 3.38. The summed E-state index contributed by atoms with van der Waals surface area (Å²) in [6.07, 6.45) is 2.57. The standard InChI is InChI=1S/C14H18BrFN2/c15-12-4-3-11(9-13(12)16)14(10-1-2-10)18-7-5-17-6-8-18/h3-4,9-10,14,17H,1-2,5-8H2/t14-/m0/s1. The average Bonchev–Trinajstić information content (AvgIpc) is 3.20. The molecule has 3 rings (SSSR count). The molecule has 1 saturated carbocycles. The summed E-state index contributed by atoms with van der Waals surface area (Å²) in [6.45, 7) is 4.22. The number of nitrogens with zero attached hydrogens (tertiary/aromatic N) is 1. The van der Waals surface area contributed by atoms with Crippen LogP contribution in [0.5, 0.6) is 0 Å². The Kier molecular flexibility index (Phi) is 3.68. The van der Waals surface area contributed by atoms with Crippen molar-refractivity contribution in [2.24, 2.45) is 5.92 Å². The van der Waals surface area contributed by atoms with E-state index in [1.165, 1.54) is 12.8 Å². The molecule has 1 N–H and O–H groups in total. The Morgan fingerprint density at radius 3 is 2.61 bits per heavy atom. The van der Waals surface area contributed by atoms with Crippen LogP contribution in [0.2, 0.25) is 0 Å². The average molecular weight is 313 g/mol. The highest BCUT2D eigenvalue weighted by atomic mass is 79.9. The zero-order valence-corrected chi connectivity index (χ0v) is 11.9. The molecule has 0 bridgehead atoms. The zero-order chi connectivity index (χ0) is 12.5. The lowest BCUT2D eigenvalue weighted by molar-refractivity contribution is 0.156. The van der Waals surface area contributed by atoms with E-state index in [0.717, 1.165) is 37.7 Å². The van der Waals surface area contributed by atoms with Crippen LogP contribution in [0.1, 0.15) is 24.4 Å². The zero-order valence-electron chi connectivity index (χ0n) is 10.3. The van der Waals surface area contributed by atoms with Crippen molar-refractivity contribution in [1.82, 2.24) is 10.2 Å². The van der Waals surface area contributed by atoms with Crippen LogP contribution in [0.4, 0.5) is 4.39 Å². The van der Waals surface area contributed by atoms with Gasteiger partial charge in [0.1, 0.15) is 5.82 Å². The van der Waals surface area contributed by atoms with Gasteiger partial charge in [-0.05, 0) is 52.4 Å². The number of piperazine rings is 1. The molecule has 2 fully saturated rings. The van der Waals surface area contributed by atoms with E-state index in [-0.39, 0.29) is 5.82 Å². The third-order valence-corrected chi connectivity index (χ3v) is 4.54. The van der Waals surface area contributed by atoms with E-state index < -0.39 is 0 Å². The second-order valence-electron chi connectivity index (χ2n) is 5.24. The molecule has 2 aliphatic rings. The van der Waals surface area contributed by atoms with Gasteiger partial charge in [0, 0.05) is 32.2 Å². The summed E-state index contributed by atoms with van der Waals surface area (Å²) >= 11 is 3.23. The second kappa shape index (κ2) is 5.27. The van der Waals surface area contributed by atoms with Gasteiger partial charge >= 0.3 is 0 Å². The van der Waals surface area contributed by atoms with E-state index in [9.17, 15) is 4.39 Å². The number of hydrogen-bond donors (Lipinski definition) is 1. The Hall–Kier alpha value is -0.450. The van der Waals surface area contributed by atoms with E-state index in [0.29, 0.717) is 10.5 Å². The predicted octanol–water partition coefficient (Wildman–Crippen LogP) is 2.94. The smallest absolute Gasteiger partial charge is 0.137 e. The summed E-state index contributed by atoms with van der Waals surface area (Å²) < 4.78 is 14.3. The molecule has 4 heteroatoms. The van der Waals surface area contributed by atoms with Crippen molar-refractivity contribution < 1.29 is 4.39 Å². The minimum Gasteiger partial charge on any atom is -0.314 e. The molecule has 1 aliphatic heterocycles. The van der Waals surface area contributed by atoms with Crippen LogP contribution in [-0.2, 0) is 0 Å². The Labute approximate surface area is 116 Å². The Balaban J connectivity index is 1.85. The van der Waals surface area contributed by atoms with E-state index in [2.05, 4.69) is 32.2 Å². The maximum atomic E-state index is 13.7. The van der Waals surface area contributed by atoms with Gasteiger partial charge in [0.05, 0.1) is 4.47 Å². The highest BCUT2D eigenvalue weighted by Crippen LogP contribution is 2.45. The van der Waals surface area contributed by atoms with Crippen LogP contribution in [0.15, 0.2) is 22.7 Å². The summed E-state index contributed by atoms with van der Waals surface area (Å²) in [5.74, 6) is 0.581. The SMILES string of the molecule is Fc1cc([C@H](C2CC2)N2CCNCC2)ccc1Br. The lowest BCUT2D eigenvalue weighted by Gasteiger charge is -2.35. The van der Waals surface area contributed by atoms with E-state index in [4.69, 9.17) is 0 Å². The van der Waals surface area contributed by atoms with Crippen molar-refractivity contribution in [3.05, 3.63) is 34.1 Å². The lowest BCUT2D eigenvalue weighted by Crippen LogP contribution is -2.45. The summed E-state index contributed by atoms with van der Waals surface area (Å²) in [5.41, 5.74) is 1.14. The highest BCUT2D eigenvalue weighted by Gasteiger charge is 2.36. The van der Waals surface area contributed by atoms with Gasteiger partial charge in [-0.25, -0.2) is 4.39 Å². The van der Waals surface area contributed by atoms with Crippen molar-refractivity contribution in [2.45, 2.75) is 18.9 Å². The van der Waals surface area contributed by atoms with Crippen LogP contribution < -0.4 is 5.32 Å². The largest absolute Gasteiger partial charge is 0.314 e. The molecule has 1 aromatic carbocycles. The molecule has 1 atom stereocenters. The molecular formula is C14H18BrFN2. The normalized spacial score (nSPS) is 23.0. The number of halogens is 2. The molecule has 18 heavy (non-hydrogen) atoms. The Morgan fingerprint density at radius 1 is 1.28 bits per heavy atom. The van der Waals surface area contributed by atoms with Gasteiger partial charge in [0.25, 0.3) is 0 Å². The molecule has 0 spiro atoms. The van der Waals surface area contributed by atoms with Crippen LogP contribution in [0.25, 0.3) is 0 Å². The second-order valence-corrected chi connectivity index (χ2v) is 6.10. The first kappa shape index (κ1) is 12.6.